The van der Waals surface area contributed by atoms with E-state index in [4.69, 9.17) is 4.74 Å². The highest BCUT2D eigenvalue weighted by molar-refractivity contribution is 4.83. The third-order valence-electron chi connectivity index (χ3n) is 3.43. The van der Waals surface area contributed by atoms with Crippen LogP contribution in [0.25, 0.3) is 0 Å². The molecular weight excluding hydrogens is 204 g/mol. The maximum Gasteiger partial charge on any atom is 0.0678 e. The standard InChI is InChI=1S/C12H26N2O2/c1-10-7-14(8-11(2)16-10)6-5-12(3,9-15)13-4/h10-11,13,15H,5-9H2,1-4H3/t10-,11+,12?. The minimum Gasteiger partial charge on any atom is -0.394 e. The molecule has 0 aromatic rings. The topological polar surface area (TPSA) is 44.7 Å². The zero-order chi connectivity index (χ0) is 12.2. The molecule has 16 heavy (non-hydrogen) atoms. The van der Waals surface area contributed by atoms with Gasteiger partial charge in [0.15, 0.2) is 0 Å². The Morgan fingerprint density at radius 2 is 1.94 bits per heavy atom. The SMILES string of the molecule is CNC(C)(CO)CCN1C[C@@H](C)O[C@@H](C)C1. The number of aliphatic hydroxyl groups is 1. The van der Waals surface area contributed by atoms with Crippen LogP contribution in [0.1, 0.15) is 27.2 Å². The van der Waals surface area contributed by atoms with Crippen LogP contribution in [0.2, 0.25) is 0 Å². The number of nitrogens with one attached hydrogen (secondary N) is 1. The Hall–Kier alpha value is -0.160. The molecule has 4 heteroatoms. The largest absolute Gasteiger partial charge is 0.394 e. The van der Waals surface area contributed by atoms with Crippen LogP contribution in [-0.4, -0.2) is 61.0 Å². The lowest BCUT2D eigenvalue weighted by molar-refractivity contribution is -0.0698. The molecule has 1 fully saturated rings. The summed E-state index contributed by atoms with van der Waals surface area (Å²) >= 11 is 0. The van der Waals surface area contributed by atoms with Gasteiger partial charge in [-0.3, -0.25) is 4.90 Å². The summed E-state index contributed by atoms with van der Waals surface area (Å²) < 4.78 is 5.69. The van der Waals surface area contributed by atoms with Crippen molar-refractivity contribution >= 4 is 0 Å². The van der Waals surface area contributed by atoms with E-state index in [0.717, 1.165) is 26.1 Å². The average molecular weight is 230 g/mol. The van der Waals surface area contributed by atoms with Crippen molar-refractivity contribution in [2.24, 2.45) is 0 Å². The third-order valence-corrected chi connectivity index (χ3v) is 3.43. The quantitative estimate of drug-likeness (QED) is 0.720. The minimum atomic E-state index is -0.162. The van der Waals surface area contributed by atoms with E-state index in [1.807, 2.05) is 7.05 Å². The first-order chi connectivity index (χ1) is 7.49. The van der Waals surface area contributed by atoms with Crippen molar-refractivity contribution in [3.05, 3.63) is 0 Å². The normalized spacial score (nSPS) is 31.3. The number of morpholine rings is 1. The first kappa shape index (κ1) is 13.9. The molecule has 0 radical (unpaired) electrons. The lowest BCUT2D eigenvalue weighted by atomic mass is 9.99. The summed E-state index contributed by atoms with van der Waals surface area (Å²) in [5, 5.41) is 12.5. The van der Waals surface area contributed by atoms with Gasteiger partial charge in [0.2, 0.25) is 0 Å². The van der Waals surface area contributed by atoms with Gasteiger partial charge in [0, 0.05) is 25.2 Å². The lowest BCUT2D eigenvalue weighted by Gasteiger charge is -2.37. The summed E-state index contributed by atoms with van der Waals surface area (Å²) in [5.74, 6) is 0. The van der Waals surface area contributed by atoms with Crippen molar-refractivity contribution in [1.29, 1.82) is 0 Å². The molecule has 96 valence electrons. The van der Waals surface area contributed by atoms with E-state index in [2.05, 4.69) is 31.0 Å². The summed E-state index contributed by atoms with van der Waals surface area (Å²) in [6, 6.07) is 0. The Kier molecular flexibility index (Phi) is 5.18. The van der Waals surface area contributed by atoms with E-state index in [1.165, 1.54) is 0 Å². The van der Waals surface area contributed by atoms with E-state index in [9.17, 15) is 5.11 Å². The highest BCUT2D eigenvalue weighted by Gasteiger charge is 2.26. The van der Waals surface area contributed by atoms with Gasteiger partial charge in [-0.25, -0.2) is 0 Å². The summed E-state index contributed by atoms with van der Waals surface area (Å²) in [4.78, 5) is 2.42. The maximum absolute atomic E-state index is 9.31. The van der Waals surface area contributed by atoms with E-state index in [0.29, 0.717) is 12.2 Å². The number of nitrogens with zero attached hydrogens (tertiary/aromatic N) is 1. The fourth-order valence-corrected chi connectivity index (χ4v) is 2.15. The molecule has 0 aromatic carbocycles. The molecule has 0 amide bonds. The molecule has 1 aliphatic rings. The molecule has 1 unspecified atom stereocenters. The van der Waals surface area contributed by atoms with Gasteiger partial charge < -0.3 is 15.2 Å². The van der Waals surface area contributed by atoms with Gasteiger partial charge in [-0.1, -0.05) is 0 Å². The Morgan fingerprint density at radius 3 is 2.38 bits per heavy atom. The number of likely N-dealkylation sites (N-methyl/N-ethyl adjacent to an activating group) is 1. The average Bonchev–Trinajstić information content (AvgIpc) is 2.25. The van der Waals surface area contributed by atoms with Crippen molar-refractivity contribution in [3.8, 4) is 0 Å². The third kappa shape index (κ3) is 4.01. The molecule has 0 spiro atoms. The van der Waals surface area contributed by atoms with Crippen LogP contribution in [0, 0.1) is 0 Å². The zero-order valence-corrected chi connectivity index (χ0v) is 11.0. The molecule has 4 nitrogen and oxygen atoms in total. The van der Waals surface area contributed by atoms with Crippen molar-refractivity contribution < 1.29 is 9.84 Å². The van der Waals surface area contributed by atoms with Crippen LogP contribution in [0.4, 0.5) is 0 Å². The van der Waals surface area contributed by atoms with Gasteiger partial charge in [-0.15, -0.1) is 0 Å². The number of hydrogen-bond acceptors (Lipinski definition) is 4. The van der Waals surface area contributed by atoms with Gasteiger partial charge in [0.25, 0.3) is 0 Å². The Bertz CT molecular complexity index is 197. The summed E-state index contributed by atoms with van der Waals surface area (Å²) in [6.07, 6.45) is 1.59. The number of ether oxygens (including phenoxy) is 1. The van der Waals surface area contributed by atoms with Crippen LogP contribution < -0.4 is 5.32 Å². The molecule has 1 saturated heterocycles. The highest BCUT2D eigenvalue weighted by Crippen LogP contribution is 2.14. The molecule has 0 aromatic heterocycles. The van der Waals surface area contributed by atoms with Gasteiger partial charge in [-0.2, -0.15) is 0 Å². The summed E-state index contributed by atoms with van der Waals surface area (Å²) in [5.41, 5.74) is -0.162. The second-order valence-corrected chi connectivity index (χ2v) is 5.24. The molecular formula is C12H26N2O2. The smallest absolute Gasteiger partial charge is 0.0678 e. The summed E-state index contributed by atoms with van der Waals surface area (Å²) in [6.45, 7) is 9.47. The Balaban J connectivity index is 2.36. The monoisotopic (exact) mass is 230 g/mol. The van der Waals surface area contributed by atoms with Crippen LogP contribution in [0.3, 0.4) is 0 Å². The van der Waals surface area contributed by atoms with Crippen molar-refractivity contribution in [2.45, 2.75) is 44.9 Å². The highest BCUT2D eigenvalue weighted by atomic mass is 16.5. The van der Waals surface area contributed by atoms with Crippen molar-refractivity contribution in [3.63, 3.8) is 0 Å². The number of hydrogen-bond donors (Lipinski definition) is 2. The second-order valence-electron chi connectivity index (χ2n) is 5.24. The molecule has 0 saturated carbocycles. The molecule has 0 aliphatic carbocycles. The molecule has 2 N–H and O–H groups in total. The first-order valence-electron chi connectivity index (χ1n) is 6.16. The van der Waals surface area contributed by atoms with Crippen LogP contribution in [-0.2, 0) is 4.74 Å². The van der Waals surface area contributed by atoms with E-state index >= 15 is 0 Å². The lowest BCUT2D eigenvalue weighted by Crippen LogP contribution is -2.50. The maximum atomic E-state index is 9.31. The van der Waals surface area contributed by atoms with E-state index in [1.54, 1.807) is 0 Å². The first-order valence-corrected chi connectivity index (χ1v) is 6.16. The fourth-order valence-electron chi connectivity index (χ4n) is 2.15. The number of aliphatic hydroxyl groups excluding tert-OH is 1. The molecule has 3 atom stereocenters. The van der Waals surface area contributed by atoms with Crippen LogP contribution >= 0.6 is 0 Å². The molecule has 1 aliphatic heterocycles. The summed E-state index contributed by atoms with van der Waals surface area (Å²) in [7, 11) is 1.90. The Labute approximate surface area is 99.0 Å². The fraction of sp³-hybridized carbons (Fsp3) is 1.00. The number of rotatable bonds is 5. The second kappa shape index (κ2) is 5.96. The zero-order valence-electron chi connectivity index (χ0n) is 11.0. The van der Waals surface area contributed by atoms with E-state index in [-0.39, 0.29) is 12.1 Å². The Morgan fingerprint density at radius 1 is 1.38 bits per heavy atom. The predicted molar refractivity (Wildman–Crippen MR) is 65.6 cm³/mol. The van der Waals surface area contributed by atoms with Crippen molar-refractivity contribution in [1.82, 2.24) is 10.2 Å². The van der Waals surface area contributed by atoms with Crippen LogP contribution in [0.5, 0.6) is 0 Å². The van der Waals surface area contributed by atoms with Crippen molar-refractivity contribution in [2.75, 3.05) is 33.3 Å². The van der Waals surface area contributed by atoms with Gasteiger partial charge in [0.05, 0.1) is 18.8 Å². The molecule has 1 rings (SSSR count). The predicted octanol–water partition coefficient (Wildman–Crippen LogP) is 0.456. The van der Waals surface area contributed by atoms with Gasteiger partial charge in [0.1, 0.15) is 0 Å². The van der Waals surface area contributed by atoms with Crippen LogP contribution in [0.15, 0.2) is 0 Å². The van der Waals surface area contributed by atoms with Gasteiger partial charge in [-0.05, 0) is 34.2 Å². The molecule has 0 bridgehead atoms. The minimum absolute atomic E-state index is 0.162. The van der Waals surface area contributed by atoms with Gasteiger partial charge >= 0.3 is 0 Å². The molecule has 1 heterocycles. The van der Waals surface area contributed by atoms with E-state index < -0.39 is 0 Å².